The van der Waals surface area contributed by atoms with E-state index in [1.165, 1.54) is 0 Å². The Morgan fingerprint density at radius 3 is 2.92 bits per heavy atom. The summed E-state index contributed by atoms with van der Waals surface area (Å²) in [7, 11) is 0. The van der Waals surface area contributed by atoms with Gasteiger partial charge in [0.2, 0.25) is 5.91 Å². The number of carbonyl (C=O) groups excluding carboxylic acids is 1. The number of rotatable bonds is 4. The zero-order valence-corrected chi connectivity index (χ0v) is 14.3. The molecule has 2 fully saturated rings. The lowest BCUT2D eigenvalue weighted by Gasteiger charge is -2.18. The van der Waals surface area contributed by atoms with Crippen LogP contribution in [0.3, 0.4) is 0 Å². The molecule has 2 aliphatic rings. The molecule has 7 nitrogen and oxygen atoms in total. The number of hydrogen-bond donors (Lipinski definition) is 1. The molecule has 1 N–H and O–H groups in total. The standard InChI is InChI=1S/C19H18N6O/c1-11-2-3-12(9-20-11)6-15-14-7-17(14)25(19(15)26)18-8-16(23-24-18)13-4-5-21-22-10-13/h2-5,8-10,14-15,17H,6-7H2,1H3,(H,23,24). The molecule has 26 heavy (non-hydrogen) atoms. The molecular formula is C19H18N6O. The minimum absolute atomic E-state index is 0.0267. The highest BCUT2D eigenvalue weighted by Crippen LogP contribution is 2.51. The van der Waals surface area contributed by atoms with Gasteiger partial charge in [-0.15, -0.1) is 0 Å². The maximum absolute atomic E-state index is 13.0. The molecule has 3 unspecified atom stereocenters. The van der Waals surface area contributed by atoms with Crippen molar-refractivity contribution in [3.05, 3.63) is 54.1 Å². The first kappa shape index (κ1) is 15.2. The van der Waals surface area contributed by atoms with Crippen molar-refractivity contribution in [1.82, 2.24) is 25.4 Å². The summed E-state index contributed by atoms with van der Waals surface area (Å²) in [5.74, 6) is 1.39. The van der Waals surface area contributed by atoms with Gasteiger partial charge < -0.3 is 0 Å². The van der Waals surface area contributed by atoms with Crippen LogP contribution in [-0.4, -0.2) is 37.3 Å². The van der Waals surface area contributed by atoms with Gasteiger partial charge in [-0.2, -0.15) is 15.3 Å². The van der Waals surface area contributed by atoms with Crippen LogP contribution in [0, 0.1) is 18.8 Å². The fourth-order valence-corrected chi connectivity index (χ4v) is 3.89. The van der Waals surface area contributed by atoms with Crippen LogP contribution in [0.1, 0.15) is 17.7 Å². The number of aryl methyl sites for hydroxylation is 1. The van der Waals surface area contributed by atoms with Gasteiger partial charge in [0.05, 0.1) is 18.1 Å². The molecule has 1 saturated heterocycles. The minimum atomic E-state index is 0.0267. The lowest BCUT2D eigenvalue weighted by atomic mass is 9.96. The maximum Gasteiger partial charge on any atom is 0.232 e. The van der Waals surface area contributed by atoms with Crippen molar-refractivity contribution in [2.24, 2.45) is 11.8 Å². The van der Waals surface area contributed by atoms with Crippen LogP contribution in [0.5, 0.6) is 0 Å². The van der Waals surface area contributed by atoms with Crippen molar-refractivity contribution >= 4 is 11.7 Å². The number of hydrogen-bond acceptors (Lipinski definition) is 5. The Balaban J connectivity index is 1.37. The number of amides is 1. The molecule has 3 atom stereocenters. The SMILES string of the molecule is Cc1ccc(CC2C(=O)N(c3cc(-c4ccnnc4)n[nH]3)C3CC23)cn1. The van der Waals surface area contributed by atoms with Crippen molar-refractivity contribution in [2.75, 3.05) is 4.90 Å². The van der Waals surface area contributed by atoms with E-state index in [-0.39, 0.29) is 17.9 Å². The topological polar surface area (TPSA) is 87.7 Å². The number of anilines is 1. The Morgan fingerprint density at radius 2 is 2.15 bits per heavy atom. The molecule has 1 aliphatic carbocycles. The van der Waals surface area contributed by atoms with E-state index >= 15 is 0 Å². The second-order valence-corrected chi connectivity index (χ2v) is 7.06. The molecule has 5 rings (SSSR count). The average molecular weight is 346 g/mol. The Kier molecular flexibility index (Phi) is 3.34. The molecule has 4 heterocycles. The molecule has 130 valence electrons. The van der Waals surface area contributed by atoms with E-state index in [1.54, 1.807) is 12.4 Å². The van der Waals surface area contributed by atoms with Crippen LogP contribution >= 0.6 is 0 Å². The van der Waals surface area contributed by atoms with E-state index in [4.69, 9.17) is 0 Å². The van der Waals surface area contributed by atoms with Crippen molar-refractivity contribution in [1.29, 1.82) is 0 Å². The van der Waals surface area contributed by atoms with Gasteiger partial charge in [0, 0.05) is 35.5 Å². The smallest absolute Gasteiger partial charge is 0.232 e. The summed E-state index contributed by atoms with van der Waals surface area (Å²) in [6, 6.07) is 8.13. The summed E-state index contributed by atoms with van der Waals surface area (Å²) >= 11 is 0. The molecule has 0 spiro atoms. The Labute approximate surface area is 150 Å². The van der Waals surface area contributed by atoms with Gasteiger partial charge in [0.1, 0.15) is 5.82 Å². The zero-order valence-electron chi connectivity index (χ0n) is 14.3. The summed E-state index contributed by atoms with van der Waals surface area (Å²) in [5.41, 5.74) is 3.76. The monoisotopic (exact) mass is 346 g/mol. The normalized spacial score (nSPS) is 24.0. The Bertz CT molecular complexity index is 952. The van der Waals surface area contributed by atoms with E-state index in [0.29, 0.717) is 5.92 Å². The molecule has 0 aromatic carbocycles. The van der Waals surface area contributed by atoms with Crippen molar-refractivity contribution in [3.63, 3.8) is 0 Å². The lowest BCUT2D eigenvalue weighted by molar-refractivity contribution is -0.121. The predicted octanol–water partition coefficient (Wildman–Crippen LogP) is 2.16. The van der Waals surface area contributed by atoms with Crippen molar-refractivity contribution < 1.29 is 4.79 Å². The van der Waals surface area contributed by atoms with Gasteiger partial charge in [0.15, 0.2) is 0 Å². The Hall–Kier alpha value is -3.09. The molecule has 0 radical (unpaired) electrons. The zero-order chi connectivity index (χ0) is 17.7. The van der Waals surface area contributed by atoms with E-state index in [1.807, 2.05) is 36.2 Å². The molecule has 3 aromatic rings. The number of H-pyrrole nitrogens is 1. The van der Waals surface area contributed by atoms with Crippen LogP contribution in [0.25, 0.3) is 11.3 Å². The van der Waals surface area contributed by atoms with Crippen LogP contribution in [-0.2, 0) is 11.2 Å². The average Bonchev–Trinajstić information content (AvgIpc) is 3.18. The number of nitrogens with one attached hydrogen (secondary N) is 1. The number of nitrogens with zero attached hydrogens (tertiary/aromatic N) is 5. The summed E-state index contributed by atoms with van der Waals surface area (Å²) in [5, 5.41) is 15.0. The third-order valence-corrected chi connectivity index (χ3v) is 5.34. The second kappa shape index (κ2) is 5.72. The predicted molar refractivity (Wildman–Crippen MR) is 95.2 cm³/mol. The Morgan fingerprint density at radius 1 is 1.23 bits per heavy atom. The van der Waals surface area contributed by atoms with Crippen LogP contribution < -0.4 is 4.90 Å². The molecule has 3 aromatic heterocycles. The van der Waals surface area contributed by atoms with E-state index in [2.05, 4.69) is 31.4 Å². The number of piperidine rings is 1. The third-order valence-electron chi connectivity index (χ3n) is 5.34. The third kappa shape index (κ3) is 2.47. The van der Waals surface area contributed by atoms with Crippen molar-refractivity contribution in [2.45, 2.75) is 25.8 Å². The molecular weight excluding hydrogens is 328 g/mol. The highest BCUT2D eigenvalue weighted by atomic mass is 16.2. The summed E-state index contributed by atoms with van der Waals surface area (Å²) < 4.78 is 0. The van der Waals surface area contributed by atoms with Crippen molar-refractivity contribution in [3.8, 4) is 11.3 Å². The van der Waals surface area contributed by atoms with Crippen LogP contribution in [0.4, 0.5) is 5.82 Å². The fourth-order valence-electron chi connectivity index (χ4n) is 3.89. The second-order valence-electron chi connectivity index (χ2n) is 7.06. The van der Waals surface area contributed by atoms with Gasteiger partial charge in [-0.05, 0) is 43.4 Å². The first-order valence-corrected chi connectivity index (χ1v) is 8.78. The minimum Gasteiger partial charge on any atom is -0.293 e. The fraction of sp³-hybridized carbons (Fsp3) is 0.316. The summed E-state index contributed by atoms with van der Waals surface area (Å²) in [6.45, 7) is 1.97. The first-order chi connectivity index (χ1) is 12.7. The van der Waals surface area contributed by atoms with Gasteiger partial charge >= 0.3 is 0 Å². The van der Waals surface area contributed by atoms with Crippen LogP contribution in [0.2, 0.25) is 0 Å². The largest absolute Gasteiger partial charge is 0.293 e. The van der Waals surface area contributed by atoms with Gasteiger partial charge in [-0.1, -0.05) is 6.07 Å². The molecule has 1 amide bonds. The molecule has 1 aliphatic heterocycles. The van der Waals surface area contributed by atoms with E-state index in [9.17, 15) is 4.79 Å². The number of aromatic amines is 1. The van der Waals surface area contributed by atoms with E-state index in [0.717, 1.165) is 41.2 Å². The lowest BCUT2D eigenvalue weighted by Crippen LogP contribution is -2.32. The molecule has 0 bridgehead atoms. The van der Waals surface area contributed by atoms with Gasteiger partial charge in [-0.25, -0.2) is 0 Å². The molecule has 1 saturated carbocycles. The number of carbonyl (C=O) groups is 1. The van der Waals surface area contributed by atoms with Gasteiger partial charge in [-0.3, -0.25) is 19.8 Å². The summed E-state index contributed by atoms with van der Waals surface area (Å²) in [4.78, 5) is 19.2. The van der Waals surface area contributed by atoms with Gasteiger partial charge in [0.25, 0.3) is 0 Å². The quantitative estimate of drug-likeness (QED) is 0.782. The highest BCUT2D eigenvalue weighted by Gasteiger charge is 2.58. The molecule has 7 heteroatoms. The number of pyridine rings is 1. The maximum atomic E-state index is 13.0. The van der Waals surface area contributed by atoms with Crippen LogP contribution in [0.15, 0.2) is 42.9 Å². The highest BCUT2D eigenvalue weighted by molar-refractivity contribution is 5.99. The number of aromatic nitrogens is 5. The first-order valence-electron chi connectivity index (χ1n) is 8.78. The summed E-state index contributed by atoms with van der Waals surface area (Å²) in [6.07, 6.45) is 6.99. The number of fused-ring (bicyclic) bond motifs is 1. The van der Waals surface area contributed by atoms with E-state index < -0.39 is 0 Å².